The summed E-state index contributed by atoms with van der Waals surface area (Å²) in [7, 11) is 0. The lowest BCUT2D eigenvalue weighted by molar-refractivity contribution is 0.0377. The first-order valence-electron chi connectivity index (χ1n) is 1.98. The Morgan fingerprint density at radius 3 is 2.75 bits per heavy atom. The van der Waals surface area contributed by atoms with Gasteiger partial charge in [-0.3, -0.25) is 5.01 Å². The van der Waals surface area contributed by atoms with Crippen LogP contribution in [0.2, 0.25) is 0 Å². The summed E-state index contributed by atoms with van der Waals surface area (Å²) in [4.78, 5) is 4.56. The first-order chi connectivity index (χ1) is 3.43. The third-order valence-corrected chi connectivity index (χ3v) is 0.675. The third kappa shape index (κ3) is 1.57. The average molecular weight is 138 g/mol. The van der Waals surface area contributed by atoms with Gasteiger partial charge in [-0.1, -0.05) is 5.59 Å². The van der Waals surface area contributed by atoms with E-state index in [1.165, 1.54) is 6.26 Å². The Hall–Kier alpha value is -0.450. The van der Waals surface area contributed by atoms with Crippen molar-refractivity contribution in [2.45, 2.75) is 0 Å². The Labute approximate surface area is 53.6 Å². The molecule has 0 aromatic rings. The zero-order valence-corrected chi connectivity index (χ0v) is 5.02. The van der Waals surface area contributed by atoms with Crippen LogP contribution in [0.25, 0.3) is 0 Å². The largest absolute Gasteiger partial charge is 0.395 e. The van der Waals surface area contributed by atoms with Crippen molar-refractivity contribution in [1.29, 1.82) is 0 Å². The molecule has 1 aliphatic heterocycles. The van der Waals surface area contributed by atoms with E-state index in [1.54, 1.807) is 11.2 Å². The molecule has 1 aliphatic rings. The zero-order valence-electron chi connectivity index (χ0n) is 4.20. The topological polar surface area (TPSA) is 50.5 Å². The van der Waals surface area contributed by atoms with Gasteiger partial charge < -0.3 is 10.6 Å². The number of hydrogen-bond acceptors (Lipinski definition) is 4. The van der Waals surface area contributed by atoms with Crippen molar-refractivity contribution in [2.24, 2.45) is 5.73 Å². The molecule has 0 aromatic heterocycles. The molecule has 0 radical (unpaired) electrons. The summed E-state index contributed by atoms with van der Waals surface area (Å²) >= 11 is 0. The van der Waals surface area contributed by atoms with Crippen molar-refractivity contribution in [2.75, 3.05) is 6.67 Å². The fraction of sp³-hybridized carbons (Fsp3) is 0.333. The van der Waals surface area contributed by atoms with E-state index in [0.717, 1.165) is 0 Å². The summed E-state index contributed by atoms with van der Waals surface area (Å²) in [6.07, 6.45) is 3.23. The zero-order chi connectivity index (χ0) is 5.11. The fourth-order valence-electron chi connectivity index (χ4n) is 0.331. The Morgan fingerprint density at radius 2 is 2.50 bits per heavy atom. The van der Waals surface area contributed by atoms with E-state index in [9.17, 15) is 0 Å². The van der Waals surface area contributed by atoms with E-state index in [2.05, 4.69) is 10.4 Å². The lowest BCUT2D eigenvalue weighted by Gasteiger charge is -2.08. The minimum Gasteiger partial charge on any atom is -0.395 e. The molecule has 0 bridgehead atoms. The first kappa shape index (κ1) is 7.55. The molecule has 0 amide bonds. The van der Waals surface area contributed by atoms with Crippen LogP contribution in [0.5, 0.6) is 0 Å². The number of hydrazine groups is 1. The molecular weight excluding hydrogens is 130 g/mol. The molecule has 1 heterocycles. The predicted molar refractivity (Wildman–Crippen MR) is 31.5 cm³/mol. The van der Waals surface area contributed by atoms with Crippen LogP contribution in [0.4, 0.5) is 0 Å². The standard InChI is InChI=1S/C3H7N3O.ClH/c4-3-6-1-2-7-5-6;/h1-2,5H,3-4H2;1H. The van der Waals surface area contributed by atoms with E-state index >= 15 is 0 Å². The van der Waals surface area contributed by atoms with E-state index < -0.39 is 0 Å². The van der Waals surface area contributed by atoms with Crippen molar-refractivity contribution < 1.29 is 4.84 Å². The van der Waals surface area contributed by atoms with E-state index in [4.69, 9.17) is 5.73 Å². The first-order valence-corrected chi connectivity index (χ1v) is 1.98. The van der Waals surface area contributed by atoms with Crippen LogP contribution in [0.1, 0.15) is 0 Å². The second-order valence-electron chi connectivity index (χ2n) is 1.15. The Kier molecular flexibility index (Phi) is 3.34. The van der Waals surface area contributed by atoms with Gasteiger partial charge in [0.2, 0.25) is 0 Å². The predicted octanol–water partition coefficient (Wildman–Crippen LogP) is -0.453. The molecule has 4 nitrogen and oxygen atoms in total. The molecule has 0 aromatic carbocycles. The van der Waals surface area contributed by atoms with Crippen molar-refractivity contribution in [3.8, 4) is 0 Å². The third-order valence-electron chi connectivity index (χ3n) is 0.675. The molecule has 1 rings (SSSR count). The van der Waals surface area contributed by atoms with E-state index in [1.807, 2.05) is 0 Å². The van der Waals surface area contributed by atoms with Crippen molar-refractivity contribution >= 4 is 12.4 Å². The SMILES string of the molecule is Cl.NCN1C=CON1. The Morgan fingerprint density at radius 1 is 1.75 bits per heavy atom. The Balaban J connectivity index is 0.000000490. The van der Waals surface area contributed by atoms with Crippen molar-refractivity contribution in [3.63, 3.8) is 0 Å². The highest BCUT2D eigenvalue weighted by molar-refractivity contribution is 5.85. The van der Waals surface area contributed by atoms with Crippen LogP contribution in [0.15, 0.2) is 12.5 Å². The smallest absolute Gasteiger partial charge is 0.131 e. The molecule has 0 saturated heterocycles. The molecule has 0 aliphatic carbocycles. The monoisotopic (exact) mass is 137 g/mol. The molecule has 0 unspecified atom stereocenters. The lowest BCUT2D eigenvalue weighted by Crippen LogP contribution is -2.32. The molecular formula is C3H8ClN3O. The van der Waals surface area contributed by atoms with Crippen LogP contribution in [-0.2, 0) is 4.84 Å². The van der Waals surface area contributed by atoms with Gasteiger partial charge >= 0.3 is 0 Å². The summed E-state index contributed by atoms with van der Waals surface area (Å²) in [6.45, 7) is 0.427. The number of rotatable bonds is 1. The van der Waals surface area contributed by atoms with E-state index in [-0.39, 0.29) is 12.4 Å². The van der Waals surface area contributed by atoms with Crippen LogP contribution < -0.4 is 11.3 Å². The highest BCUT2D eigenvalue weighted by atomic mass is 35.5. The summed E-state index contributed by atoms with van der Waals surface area (Å²) in [5, 5.41) is 1.61. The number of nitrogens with one attached hydrogen (secondary N) is 1. The van der Waals surface area contributed by atoms with Gasteiger partial charge in [-0.2, -0.15) is 0 Å². The maximum Gasteiger partial charge on any atom is 0.131 e. The van der Waals surface area contributed by atoms with Gasteiger partial charge in [0.05, 0.1) is 12.9 Å². The van der Waals surface area contributed by atoms with Gasteiger partial charge in [-0.15, -0.1) is 12.4 Å². The van der Waals surface area contributed by atoms with Gasteiger partial charge in [0.25, 0.3) is 0 Å². The fourth-order valence-corrected chi connectivity index (χ4v) is 0.331. The van der Waals surface area contributed by atoms with Crippen LogP contribution in [0.3, 0.4) is 0 Å². The molecule has 0 atom stereocenters. The summed E-state index contributed by atoms with van der Waals surface area (Å²) in [5.74, 6) is 0. The molecule has 5 heteroatoms. The number of halogens is 1. The Bertz CT molecular complexity index is 86.6. The van der Waals surface area contributed by atoms with Crippen molar-refractivity contribution in [1.82, 2.24) is 10.6 Å². The van der Waals surface area contributed by atoms with Crippen LogP contribution in [-0.4, -0.2) is 11.7 Å². The van der Waals surface area contributed by atoms with Gasteiger partial charge in [-0.25, -0.2) is 0 Å². The van der Waals surface area contributed by atoms with Gasteiger partial charge in [0, 0.05) is 0 Å². The maximum atomic E-state index is 5.17. The summed E-state index contributed by atoms with van der Waals surface area (Å²) < 4.78 is 0. The average Bonchev–Trinajstić information content (AvgIpc) is 2.14. The van der Waals surface area contributed by atoms with Crippen LogP contribution >= 0.6 is 12.4 Å². The molecule has 8 heavy (non-hydrogen) atoms. The number of nitrogens with two attached hydrogens (primary N) is 1. The van der Waals surface area contributed by atoms with E-state index in [0.29, 0.717) is 6.67 Å². The van der Waals surface area contributed by atoms with Crippen molar-refractivity contribution in [3.05, 3.63) is 12.5 Å². The second kappa shape index (κ2) is 3.54. The molecule has 0 spiro atoms. The molecule has 0 fully saturated rings. The minimum atomic E-state index is 0. The lowest BCUT2D eigenvalue weighted by atomic mass is 10.9. The van der Waals surface area contributed by atoms with Crippen LogP contribution in [0, 0.1) is 0 Å². The number of hydrogen-bond donors (Lipinski definition) is 2. The van der Waals surface area contributed by atoms with Gasteiger partial charge in [0.1, 0.15) is 6.26 Å². The molecule has 3 N–H and O–H groups in total. The maximum absolute atomic E-state index is 5.17. The minimum absolute atomic E-state index is 0. The van der Waals surface area contributed by atoms with Gasteiger partial charge in [-0.05, 0) is 0 Å². The quantitative estimate of drug-likeness (QED) is 0.514. The molecule has 48 valence electrons. The molecule has 0 saturated carbocycles. The highest BCUT2D eigenvalue weighted by Gasteiger charge is 1.97. The highest BCUT2D eigenvalue weighted by Crippen LogP contribution is 1.88. The van der Waals surface area contributed by atoms with Gasteiger partial charge in [0.15, 0.2) is 0 Å². The number of nitrogens with zero attached hydrogens (tertiary/aromatic N) is 1. The normalized spacial score (nSPS) is 15.4. The summed E-state index contributed by atoms with van der Waals surface area (Å²) in [5.41, 5.74) is 7.67. The second-order valence-corrected chi connectivity index (χ2v) is 1.15. The summed E-state index contributed by atoms with van der Waals surface area (Å²) in [6, 6.07) is 0.